The number of amides is 1. The third-order valence-electron chi connectivity index (χ3n) is 5.17. The molecule has 1 aliphatic rings. The third-order valence-corrected chi connectivity index (χ3v) is 5.17. The van der Waals surface area contributed by atoms with Crippen LogP contribution in [-0.4, -0.2) is 50.2 Å². The van der Waals surface area contributed by atoms with Crippen LogP contribution in [0.4, 0.5) is 0 Å². The lowest BCUT2D eigenvalue weighted by molar-refractivity contribution is -0.178. The molecule has 1 amide bonds. The molecule has 1 fully saturated rings. The van der Waals surface area contributed by atoms with E-state index in [0.29, 0.717) is 12.1 Å². The molecule has 0 spiro atoms. The van der Waals surface area contributed by atoms with Crippen LogP contribution in [0.25, 0.3) is 0 Å². The van der Waals surface area contributed by atoms with E-state index in [-0.39, 0.29) is 29.6 Å². The van der Waals surface area contributed by atoms with Crippen LogP contribution in [-0.2, 0) is 9.53 Å². The Bertz CT molecular complexity index is 321. The lowest BCUT2D eigenvalue weighted by Crippen LogP contribution is -2.65. The second-order valence-electron chi connectivity index (χ2n) is 6.04. The number of nitrogens with zero attached hydrogens (tertiary/aromatic N) is 1. The van der Waals surface area contributed by atoms with Gasteiger partial charge in [0.2, 0.25) is 5.91 Å². The van der Waals surface area contributed by atoms with Crippen LogP contribution in [0, 0.1) is 11.3 Å². The van der Waals surface area contributed by atoms with Crippen molar-refractivity contribution >= 4 is 18.3 Å². The molecule has 5 heteroatoms. The molecule has 0 aromatic carbocycles. The van der Waals surface area contributed by atoms with Crippen molar-refractivity contribution in [1.82, 2.24) is 10.2 Å². The molecule has 0 bridgehead atoms. The predicted molar refractivity (Wildman–Crippen MR) is 89.9 cm³/mol. The van der Waals surface area contributed by atoms with Gasteiger partial charge < -0.3 is 15.0 Å². The van der Waals surface area contributed by atoms with Crippen molar-refractivity contribution in [3.8, 4) is 0 Å². The average molecular weight is 321 g/mol. The summed E-state index contributed by atoms with van der Waals surface area (Å²) >= 11 is 0. The minimum Gasteiger partial charge on any atom is -0.378 e. The van der Waals surface area contributed by atoms with E-state index in [4.69, 9.17) is 4.74 Å². The van der Waals surface area contributed by atoms with Gasteiger partial charge >= 0.3 is 0 Å². The van der Waals surface area contributed by atoms with Gasteiger partial charge in [0.15, 0.2) is 0 Å². The highest BCUT2D eigenvalue weighted by Gasteiger charge is 2.55. The molecule has 1 rings (SSSR count). The van der Waals surface area contributed by atoms with Crippen molar-refractivity contribution in [3.05, 3.63) is 0 Å². The molecule has 1 aliphatic carbocycles. The van der Waals surface area contributed by atoms with Gasteiger partial charge in [0.25, 0.3) is 0 Å². The Balaban J connectivity index is 0.00000400. The minimum absolute atomic E-state index is 0. The number of carbonyl (C=O) groups excluding carboxylic acids is 1. The van der Waals surface area contributed by atoms with E-state index >= 15 is 0 Å². The molecule has 126 valence electrons. The second kappa shape index (κ2) is 8.96. The zero-order valence-electron chi connectivity index (χ0n) is 14.4. The normalized spacial score (nSPS) is 24.7. The number of nitrogens with one attached hydrogen (secondary N) is 1. The van der Waals surface area contributed by atoms with Crippen molar-refractivity contribution in [2.24, 2.45) is 11.3 Å². The first kappa shape index (κ1) is 20.7. The van der Waals surface area contributed by atoms with E-state index in [2.05, 4.69) is 19.2 Å². The maximum Gasteiger partial charge on any atom is 0.226 e. The lowest BCUT2D eigenvalue weighted by atomic mass is 9.58. The van der Waals surface area contributed by atoms with Gasteiger partial charge in [0.1, 0.15) is 0 Å². The predicted octanol–water partition coefficient (Wildman–Crippen LogP) is 2.71. The first-order valence-corrected chi connectivity index (χ1v) is 8.01. The molecule has 0 heterocycles. The van der Waals surface area contributed by atoms with Gasteiger partial charge in [-0.05, 0) is 33.2 Å². The van der Waals surface area contributed by atoms with Crippen LogP contribution in [0.15, 0.2) is 0 Å². The smallest absolute Gasteiger partial charge is 0.226 e. The van der Waals surface area contributed by atoms with E-state index in [1.165, 1.54) is 0 Å². The Morgan fingerprint density at radius 3 is 2.38 bits per heavy atom. The van der Waals surface area contributed by atoms with Crippen LogP contribution < -0.4 is 5.32 Å². The molecule has 0 saturated heterocycles. The highest BCUT2D eigenvalue weighted by Crippen LogP contribution is 2.51. The van der Waals surface area contributed by atoms with Gasteiger partial charge in [-0.15, -0.1) is 12.4 Å². The summed E-state index contributed by atoms with van der Waals surface area (Å²) in [5, 5.41) is 3.08. The second-order valence-corrected chi connectivity index (χ2v) is 6.04. The molecule has 1 N–H and O–H groups in total. The molecular formula is C16H33ClN2O2. The Morgan fingerprint density at radius 2 is 1.95 bits per heavy atom. The van der Waals surface area contributed by atoms with Gasteiger partial charge in [0.05, 0.1) is 6.10 Å². The Kier molecular flexibility index (Phi) is 8.83. The van der Waals surface area contributed by atoms with Crippen molar-refractivity contribution in [2.75, 3.05) is 27.2 Å². The number of hydrogen-bond donors (Lipinski definition) is 1. The SMILES string of the molecule is CCOC1CC(N(C)C(=O)C(C)CNC)C1(CC)CC.Cl. The standard InChI is InChI=1S/C16H32N2O2.ClH/c1-7-16(8-2)13(10-14(16)20-9-3)18(6)15(19)12(4)11-17-5;/h12-14,17H,7-11H2,1-6H3;1H. The van der Waals surface area contributed by atoms with Gasteiger partial charge in [-0.1, -0.05) is 20.8 Å². The number of halogens is 1. The van der Waals surface area contributed by atoms with Crippen molar-refractivity contribution < 1.29 is 9.53 Å². The summed E-state index contributed by atoms with van der Waals surface area (Å²) in [6.45, 7) is 9.97. The molecule has 3 unspecified atom stereocenters. The van der Waals surface area contributed by atoms with E-state index in [1.54, 1.807) is 0 Å². The van der Waals surface area contributed by atoms with Gasteiger partial charge in [-0.25, -0.2) is 0 Å². The number of carbonyl (C=O) groups is 1. The first-order chi connectivity index (χ1) is 9.48. The molecule has 4 nitrogen and oxygen atoms in total. The molecule has 0 aliphatic heterocycles. The fraction of sp³-hybridized carbons (Fsp3) is 0.938. The Labute approximate surface area is 136 Å². The van der Waals surface area contributed by atoms with Gasteiger partial charge in [-0.2, -0.15) is 0 Å². The van der Waals surface area contributed by atoms with Crippen molar-refractivity contribution in [1.29, 1.82) is 0 Å². The summed E-state index contributed by atoms with van der Waals surface area (Å²) < 4.78 is 5.89. The molecule has 0 aromatic rings. The zero-order chi connectivity index (χ0) is 15.3. The summed E-state index contributed by atoms with van der Waals surface area (Å²) in [5.74, 6) is 0.271. The third kappa shape index (κ3) is 3.91. The molecule has 1 saturated carbocycles. The molecule has 21 heavy (non-hydrogen) atoms. The molecule has 0 radical (unpaired) electrons. The lowest BCUT2D eigenvalue weighted by Gasteiger charge is -2.58. The summed E-state index contributed by atoms with van der Waals surface area (Å²) in [6, 6.07) is 0.320. The highest BCUT2D eigenvalue weighted by atomic mass is 35.5. The fourth-order valence-electron chi connectivity index (χ4n) is 3.78. The van der Waals surface area contributed by atoms with Gasteiger partial charge in [0, 0.05) is 37.6 Å². The first-order valence-electron chi connectivity index (χ1n) is 8.01. The minimum atomic E-state index is 0. The molecule has 3 atom stereocenters. The number of ether oxygens (including phenoxy) is 1. The van der Waals surface area contributed by atoms with Gasteiger partial charge in [-0.3, -0.25) is 4.79 Å². The summed E-state index contributed by atoms with van der Waals surface area (Å²) in [5.41, 5.74) is 0.139. The summed E-state index contributed by atoms with van der Waals surface area (Å²) in [6.07, 6.45) is 3.42. The van der Waals surface area contributed by atoms with Crippen LogP contribution in [0.2, 0.25) is 0 Å². The molecular weight excluding hydrogens is 288 g/mol. The van der Waals surface area contributed by atoms with E-state index < -0.39 is 0 Å². The van der Waals surface area contributed by atoms with Crippen LogP contribution in [0.5, 0.6) is 0 Å². The van der Waals surface area contributed by atoms with E-state index in [0.717, 1.165) is 32.4 Å². The van der Waals surface area contributed by atoms with Crippen LogP contribution in [0.1, 0.15) is 47.0 Å². The quantitative estimate of drug-likeness (QED) is 0.747. The summed E-state index contributed by atoms with van der Waals surface area (Å²) in [7, 11) is 3.85. The van der Waals surface area contributed by atoms with Crippen LogP contribution >= 0.6 is 12.4 Å². The summed E-state index contributed by atoms with van der Waals surface area (Å²) in [4.78, 5) is 14.5. The fourth-order valence-corrected chi connectivity index (χ4v) is 3.78. The zero-order valence-corrected chi connectivity index (χ0v) is 15.3. The van der Waals surface area contributed by atoms with E-state index in [9.17, 15) is 4.79 Å². The van der Waals surface area contributed by atoms with Crippen LogP contribution in [0.3, 0.4) is 0 Å². The average Bonchev–Trinajstić information content (AvgIpc) is 2.43. The number of rotatable bonds is 8. The highest BCUT2D eigenvalue weighted by molar-refractivity contribution is 5.85. The maximum atomic E-state index is 12.5. The monoisotopic (exact) mass is 320 g/mol. The maximum absolute atomic E-state index is 12.5. The largest absolute Gasteiger partial charge is 0.378 e. The Morgan fingerprint density at radius 1 is 1.38 bits per heavy atom. The van der Waals surface area contributed by atoms with Crippen molar-refractivity contribution in [2.45, 2.75) is 59.1 Å². The Hall–Kier alpha value is -0.320. The number of hydrogen-bond acceptors (Lipinski definition) is 3. The molecule has 0 aromatic heterocycles. The van der Waals surface area contributed by atoms with E-state index in [1.807, 2.05) is 32.8 Å². The topological polar surface area (TPSA) is 41.6 Å². The van der Waals surface area contributed by atoms with Crippen molar-refractivity contribution in [3.63, 3.8) is 0 Å².